The number of hydrogen-bond donors (Lipinski definition) is 2. The van der Waals surface area contributed by atoms with Gasteiger partial charge in [-0.15, -0.1) is 0 Å². The first-order valence-corrected chi connectivity index (χ1v) is 6.25. The quantitative estimate of drug-likeness (QED) is 0.825. The number of halogens is 1. The number of rotatable bonds is 4. The van der Waals surface area contributed by atoms with E-state index in [9.17, 15) is 4.79 Å². The van der Waals surface area contributed by atoms with Gasteiger partial charge < -0.3 is 11.1 Å². The van der Waals surface area contributed by atoms with E-state index in [1.165, 1.54) is 0 Å². The molecule has 1 rings (SSSR count). The van der Waals surface area contributed by atoms with Crippen LogP contribution in [0.3, 0.4) is 0 Å². The maximum atomic E-state index is 11.6. The molecule has 0 aliphatic heterocycles. The average Bonchev–Trinajstić information content (AvgIpc) is 2.14. The molecule has 0 fully saturated rings. The minimum Gasteiger partial charge on any atom is -0.354 e. The fourth-order valence-corrected chi connectivity index (χ4v) is 1.83. The molecule has 1 aromatic carbocycles. The second-order valence-corrected chi connectivity index (χ2v) is 5.82. The van der Waals surface area contributed by atoms with Gasteiger partial charge in [0, 0.05) is 15.7 Å². The summed E-state index contributed by atoms with van der Waals surface area (Å²) in [6.45, 7) is 4.27. The van der Waals surface area contributed by atoms with Crippen LogP contribution in [0.4, 0.5) is 0 Å². The number of nitrogens with one attached hydrogen (secondary N) is 1. The SMILES string of the molecule is CC(C)(N)CNC(=O)Cc1cccc(I)c1. The molecule has 1 amide bonds. The summed E-state index contributed by atoms with van der Waals surface area (Å²) < 4.78 is 1.14. The van der Waals surface area contributed by atoms with Gasteiger partial charge in [-0.3, -0.25) is 4.79 Å². The number of amides is 1. The second kappa shape index (κ2) is 5.63. The van der Waals surface area contributed by atoms with Gasteiger partial charge in [0.05, 0.1) is 6.42 Å². The lowest BCUT2D eigenvalue weighted by molar-refractivity contribution is -0.120. The summed E-state index contributed by atoms with van der Waals surface area (Å²) in [7, 11) is 0. The molecule has 0 unspecified atom stereocenters. The molecule has 88 valence electrons. The number of carbonyl (C=O) groups is 1. The van der Waals surface area contributed by atoms with Gasteiger partial charge in [-0.1, -0.05) is 12.1 Å². The van der Waals surface area contributed by atoms with Crippen LogP contribution in [0, 0.1) is 3.57 Å². The summed E-state index contributed by atoms with van der Waals surface area (Å²) in [4.78, 5) is 11.6. The molecule has 0 heterocycles. The summed E-state index contributed by atoms with van der Waals surface area (Å²) >= 11 is 2.23. The van der Waals surface area contributed by atoms with Crippen molar-refractivity contribution in [2.24, 2.45) is 5.73 Å². The minimum absolute atomic E-state index is 0.0144. The highest BCUT2D eigenvalue weighted by Gasteiger charge is 2.12. The molecular weight excluding hydrogens is 315 g/mol. The first kappa shape index (κ1) is 13.4. The van der Waals surface area contributed by atoms with E-state index in [0.717, 1.165) is 9.13 Å². The van der Waals surface area contributed by atoms with Crippen molar-refractivity contribution in [3.05, 3.63) is 33.4 Å². The smallest absolute Gasteiger partial charge is 0.224 e. The zero-order valence-corrected chi connectivity index (χ0v) is 11.7. The summed E-state index contributed by atoms with van der Waals surface area (Å²) in [6.07, 6.45) is 0.410. The topological polar surface area (TPSA) is 55.1 Å². The monoisotopic (exact) mass is 332 g/mol. The summed E-state index contributed by atoms with van der Waals surface area (Å²) in [5.74, 6) is 0.0144. The van der Waals surface area contributed by atoms with E-state index in [1.807, 2.05) is 38.1 Å². The van der Waals surface area contributed by atoms with Gasteiger partial charge in [0.2, 0.25) is 5.91 Å². The van der Waals surface area contributed by atoms with E-state index >= 15 is 0 Å². The minimum atomic E-state index is -0.360. The predicted octanol–water partition coefficient (Wildman–Crippen LogP) is 1.69. The normalized spacial score (nSPS) is 11.2. The van der Waals surface area contributed by atoms with Gasteiger partial charge >= 0.3 is 0 Å². The highest BCUT2D eigenvalue weighted by Crippen LogP contribution is 2.08. The Labute approximate surface area is 110 Å². The average molecular weight is 332 g/mol. The molecule has 16 heavy (non-hydrogen) atoms. The summed E-state index contributed by atoms with van der Waals surface area (Å²) in [6, 6.07) is 7.92. The maximum Gasteiger partial charge on any atom is 0.224 e. The predicted molar refractivity (Wildman–Crippen MR) is 74.1 cm³/mol. The van der Waals surface area contributed by atoms with Crippen LogP contribution in [0.1, 0.15) is 19.4 Å². The molecule has 3 nitrogen and oxygen atoms in total. The number of benzene rings is 1. The molecule has 0 saturated carbocycles. The highest BCUT2D eigenvalue weighted by molar-refractivity contribution is 14.1. The van der Waals surface area contributed by atoms with E-state index in [0.29, 0.717) is 13.0 Å². The molecular formula is C12H17IN2O. The van der Waals surface area contributed by atoms with E-state index in [1.54, 1.807) is 0 Å². The Morgan fingerprint density at radius 2 is 2.19 bits per heavy atom. The van der Waals surface area contributed by atoms with Crippen LogP contribution in [-0.4, -0.2) is 18.0 Å². The van der Waals surface area contributed by atoms with Crippen molar-refractivity contribution < 1.29 is 4.79 Å². The van der Waals surface area contributed by atoms with Crippen LogP contribution in [-0.2, 0) is 11.2 Å². The van der Waals surface area contributed by atoms with E-state index in [4.69, 9.17) is 5.73 Å². The van der Waals surface area contributed by atoms with Gasteiger partial charge in [0.25, 0.3) is 0 Å². The molecule has 0 aliphatic rings. The molecule has 0 aliphatic carbocycles. The van der Waals surface area contributed by atoms with Crippen molar-refractivity contribution in [1.29, 1.82) is 0 Å². The van der Waals surface area contributed by atoms with Crippen molar-refractivity contribution in [3.8, 4) is 0 Å². The van der Waals surface area contributed by atoms with Crippen LogP contribution < -0.4 is 11.1 Å². The first-order chi connectivity index (χ1) is 7.37. The third kappa shape index (κ3) is 5.46. The molecule has 3 N–H and O–H groups in total. The molecule has 1 aromatic rings. The van der Waals surface area contributed by atoms with Gasteiger partial charge in [0.15, 0.2) is 0 Å². The zero-order valence-electron chi connectivity index (χ0n) is 9.59. The third-order valence-electron chi connectivity index (χ3n) is 1.99. The molecule has 0 radical (unpaired) electrons. The van der Waals surface area contributed by atoms with Crippen LogP contribution in [0.2, 0.25) is 0 Å². The zero-order chi connectivity index (χ0) is 12.2. The van der Waals surface area contributed by atoms with E-state index in [2.05, 4.69) is 27.9 Å². The van der Waals surface area contributed by atoms with Gasteiger partial charge in [-0.05, 0) is 54.1 Å². The fraction of sp³-hybridized carbons (Fsp3) is 0.417. The molecule has 0 spiro atoms. The summed E-state index contributed by atoms with van der Waals surface area (Å²) in [5.41, 5.74) is 6.45. The Morgan fingerprint density at radius 3 is 2.75 bits per heavy atom. The molecule has 4 heteroatoms. The van der Waals surface area contributed by atoms with Gasteiger partial charge in [-0.2, -0.15) is 0 Å². The third-order valence-corrected chi connectivity index (χ3v) is 2.67. The maximum absolute atomic E-state index is 11.6. The molecule has 0 aromatic heterocycles. The van der Waals surface area contributed by atoms with Crippen LogP contribution >= 0.6 is 22.6 Å². The summed E-state index contributed by atoms with van der Waals surface area (Å²) in [5, 5.41) is 2.82. The lowest BCUT2D eigenvalue weighted by Crippen LogP contribution is -2.45. The standard InChI is InChI=1S/C12H17IN2O/c1-12(2,14)8-15-11(16)7-9-4-3-5-10(13)6-9/h3-6H,7-8,14H2,1-2H3,(H,15,16). The van der Waals surface area contributed by atoms with Crippen LogP contribution in [0.25, 0.3) is 0 Å². The van der Waals surface area contributed by atoms with Gasteiger partial charge in [-0.25, -0.2) is 0 Å². The Bertz CT molecular complexity index is 372. The number of hydrogen-bond acceptors (Lipinski definition) is 2. The van der Waals surface area contributed by atoms with E-state index in [-0.39, 0.29) is 11.4 Å². The number of carbonyl (C=O) groups excluding carboxylic acids is 1. The second-order valence-electron chi connectivity index (χ2n) is 4.57. The van der Waals surface area contributed by atoms with Crippen molar-refractivity contribution in [1.82, 2.24) is 5.32 Å². The Morgan fingerprint density at radius 1 is 1.50 bits per heavy atom. The van der Waals surface area contributed by atoms with Crippen LogP contribution in [0.15, 0.2) is 24.3 Å². The van der Waals surface area contributed by atoms with Crippen LogP contribution in [0.5, 0.6) is 0 Å². The Hall–Kier alpha value is -0.620. The lowest BCUT2D eigenvalue weighted by Gasteiger charge is -2.18. The lowest BCUT2D eigenvalue weighted by atomic mass is 10.1. The first-order valence-electron chi connectivity index (χ1n) is 5.17. The highest BCUT2D eigenvalue weighted by atomic mass is 127. The Kier molecular flexibility index (Phi) is 4.73. The molecule has 0 bridgehead atoms. The number of nitrogens with two attached hydrogens (primary N) is 1. The molecule has 0 atom stereocenters. The fourth-order valence-electron chi connectivity index (χ4n) is 1.22. The largest absolute Gasteiger partial charge is 0.354 e. The van der Waals surface area contributed by atoms with E-state index < -0.39 is 0 Å². The Balaban J connectivity index is 2.46. The van der Waals surface area contributed by atoms with Gasteiger partial charge in [0.1, 0.15) is 0 Å². The van der Waals surface area contributed by atoms with Crippen molar-refractivity contribution in [2.45, 2.75) is 25.8 Å². The van der Waals surface area contributed by atoms with Crippen molar-refractivity contribution in [3.63, 3.8) is 0 Å². The van der Waals surface area contributed by atoms with Crippen molar-refractivity contribution >= 4 is 28.5 Å². The molecule has 0 saturated heterocycles. The van der Waals surface area contributed by atoms with Crippen molar-refractivity contribution in [2.75, 3.05) is 6.54 Å².